The van der Waals surface area contributed by atoms with Crippen molar-refractivity contribution in [1.82, 2.24) is 0 Å². The number of hydrogen-bond acceptors (Lipinski definition) is 3. The Morgan fingerprint density at radius 2 is 1.94 bits per heavy atom. The monoisotopic (exact) mass is 257 g/mol. The van der Waals surface area contributed by atoms with Gasteiger partial charge in [0, 0.05) is 11.8 Å². The van der Waals surface area contributed by atoms with Gasteiger partial charge in [0.05, 0.1) is 29.9 Å². The summed E-state index contributed by atoms with van der Waals surface area (Å²) in [7, 11) is 0. The van der Waals surface area contributed by atoms with Crippen LogP contribution in [0.5, 0.6) is 0 Å². The van der Waals surface area contributed by atoms with Crippen LogP contribution in [0.4, 0.5) is 0 Å². The van der Waals surface area contributed by atoms with Crippen molar-refractivity contribution in [3.05, 3.63) is 0 Å². The zero-order valence-electron chi connectivity index (χ0n) is 10.8. The van der Waals surface area contributed by atoms with Gasteiger partial charge in [0.15, 0.2) is 0 Å². The predicted molar refractivity (Wildman–Crippen MR) is 72.1 cm³/mol. The molecule has 2 rings (SSSR count). The lowest BCUT2D eigenvalue weighted by atomic mass is 10.0. The fourth-order valence-corrected chi connectivity index (χ4v) is 3.00. The molecule has 0 aromatic heterocycles. The van der Waals surface area contributed by atoms with E-state index in [2.05, 4.69) is 13.8 Å². The van der Waals surface area contributed by atoms with Crippen LogP contribution in [0.3, 0.4) is 0 Å². The van der Waals surface area contributed by atoms with E-state index >= 15 is 0 Å². The topological polar surface area (TPSA) is 44.5 Å². The van der Waals surface area contributed by atoms with Crippen molar-refractivity contribution in [1.29, 1.82) is 0 Å². The Hall–Kier alpha value is -0.190. The summed E-state index contributed by atoms with van der Waals surface area (Å²) >= 11 is 4.99. The normalized spacial score (nSPS) is 35.5. The Morgan fingerprint density at radius 3 is 2.41 bits per heavy atom. The van der Waals surface area contributed by atoms with Crippen LogP contribution in [0.15, 0.2) is 0 Å². The van der Waals surface area contributed by atoms with Crippen molar-refractivity contribution in [2.75, 3.05) is 6.61 Å². The largest absolute Gasteiger partial charge is 0.393 e. The lowest BCUT2D eigenvalue weighted by molar-refractivity contribution is -0.108. The second-order valence-electron chi connectivity index (χ2n) is 5.80. The van der Waals surface area contributed by atoms with Crippen molar-refractivity contribution >= 4 is 17.2 Å². The lowest BCUT2D eigenvalue weighted by Gasteiger charge is -2.33. The van der Waals surface area contributed by atoms with E-state index in [9.17, 15) is 0 Å². The summed E-state index contributed by atoms with van der Waals surface area (Å²) in [6.07, 6.45) is 6.25. The fraction of sp³-hybridized carbons (Fsp3) is 0.923. The third-order valence-corrected chi connectivity index (χ3v) is 3.93. The van der Waals surface area contributed by atoms with E-state index in [1.165, 1.54) is 12.8 Å². The fourth-order valence-electron chi connectivity index (χ4n) is 2.69. The summed E-state index contributed by atoms with van der Waals surface area (Å²) in [4.78, 5) is 0.625. The third-order valence-electron chi connectivity index (χ3n) is 3.79. The van der Waals surface area contributed by atoms with Gasteiger partial charge in [0.1, 0.15) is 0 Å². The molecule has 0 amide bonds. The minimum absolute atomic E-state index is 0.274. The average Bonchev–Trinajstić information content (AvgIpc) is 2.93. The molecule has 17 heavy (non-hydrogen) atoms. The van der Waals surface area contributed by atoms with Crippen LogP contribution in [0.25, 0.3) is 0 Å². The third kappa shape index (κ3) is 3.90. The van der Waals surface area contributed by atoms with Gasteiger partial charge in [-0.05, 0) is 39.5 Å². The molecule has 3 nitrogen and oxygen atoms in total. The first-order chi connectivity index (χ1) is 7.99. The maximum Gasteiger partial charge on any atom is 0.0733 e. The molecule has 0 aromatic carbocycles. The van der Waals surface area contributed by atoms with Crippen LogP contribution in [0, 0.1) is 5.41 Å². The number of nitrogens with two attached hydrogens (primary N) is 1. The standard InChI is InChI=1S/C13H23NO2S/c1-9-5-11(6-10(2)16-9)15-8-13(3-4-13)7-12(14)17/h9-11H,3-8H2,1-2H3,(H2,14,17). The van der Waals surface area contributed by atoms with Crippen molar-refractivity contribution in [3.8, 4) is 0 Å². The maximum absolute atomic E-state index is 6.06. The highest BCUT2D eigenvalue weighted by atomic mass is 32.1. The maximum atomic E-state index is 6.06. The van der Waals surface area contributed by atoms with Crippen LogP contribution >= 0.6 is 12.2 Å². The number of hydrogen-bond donors (Lipinski definition) is 1. The molecule has 1 heterocycles. The first-order valence-electron chi connectivity index (χ1n) is 6.54. The van der Waals surface area contributed by atoms with Crippen LogP contribution in [0.1, 0.15) is 46.0 Å². The summed E-state index contributed by atoms with van der Waals surface area (Å²) in [5, 5.41) is 0. The minimum atomic E-state index is 0.274. The van der Waals surface area contributed by atoms with E-state index in [0.29, 0.717) is 23.3 Å². The second-order valence-corrected chi connectivity index (χ2v) is 6.33. The Balaban J connectivity index is 1.76. The molecule has 98 valence electrons. The highest BCUT2D eigenvalue weighted by molar-refractivity contribution is 7.80. The molecule has 1 aliphatic heterocycles. The summed E-state index contributed by atoms with van der Waals surface area (Å²) in [6, 6.07) is 0. The van der Waals surface area contributed by atoms with Gasteiger partial charge in [-0.2, -0.15) is 0 Å². The second kappa shape index (κ2) is 5.21. The van der Waals surface area contributed by atoms with Gasteiger partial charge in [0.2, 0.25) is 0 Å². The van der Waals surface area contributed by atoms with E-state index in [1.54, 1.807) is 0 Å². The van der Waals surface area contributed by atoms with Gasteiger partial charge < -0.3 is 15.2 Å². The van der Waals surface area contributed by atoms with E-state index in [0.717, 1.165) is 25.9 Å². The number of thiocarbonyl (C=S) groups is 1. The molecule has 2 N–H and O–H groups in total. The van der Waals surface area contributed by atoms with E-state index in [4.69, 9.17) is 27.4 Å². The summed E-state index contributed by atoms with van der Waals surface area (Å²) < 4.78 is 11.8. The van der Waals surface area contributed by atoms with E-state index in [-0.39, 0.29) is 5.41 Å². The molecule has 1 saturated carbocycles. The first-order valence-corrected chi connectivity index (χ1v) is 6.95. The zero-order chi connectivity index (χ0) is 12.5. The molecule has 1 saturated heterocycles. The Morgan fingerprint density at radius 1 is 1.35 bits per heavy atom. The van der Waals surface area contributed by atoms with Crippen molar-refractivity contribution in [3.63, 3.8) is 0 Å². The summed E-state index contributed by atoms with van der Waals surface area (Å²) in [5.74, 6) is 0. The van der Waals surface area contributed by atoms with E-state index < -0.39 is 0 Å². The minimum Gasteiger partial charge on any atom is -0.393 e. The number of ether oxygens (including phenoxy) is 2. The Bertz CT molecular complexity index is 281. The summed E-state index contributed by atoms with van der Waals surface area (Å²) in [5.41, 5.74) is 5.90. The Kier molecular flexibility index (Phi) is 4.06. The first kappa shape index (κ1) is 13.2. The van der Waals surface area contributed by atoms with Crippen molar-refractivity contribution in [2.24, 2.45) is 11.1 Å². The molecule has 4 heteroatoms. The lowest BCUT2D eigenvalue weighted by Crippen LogP contribution is -2.35. The van der Waals surface area contributed by atoms with Crippen LogP contribution in [-0.4, -0.2) is 29.9 Å². The van der Waals surface area contributed by atoms with Crippen LogP contribution in [0.2, 0.25) is 0 Å². The molecule has 0 aromatic rings. The molecule has 2 unspecified atom stereocenters. The van der Waals surface area contributed by atoms with Crippen molar-refractivity contribution in [2.45, 2.75) is 64.3 Å². The summed E-state index contributed by atoms with van der Waals surface area (Å²) in [6.45, 7) is 5.05. The molecule has 0 radical (unpaired) electrons. The molecular formula is C13H23NO2S. The molecule has 2 atom stereocenters. The molecule has 2 fully saturated rings. The molecule has 0 spiro atoms. The quantitative estimate of drug-likeness (QED) is 0.768. The van der Waals surface area contributed by atoms with Gasteiger partial charge in [-0.3, -0.25) is 0 Å². The molecule has 0 bridgehead atoms. The molecular weight excluding hydrogens is 234 g/mol. The van der Waals surface area contributed by atoms with E-state index in [1.807, 2.05) is 0 Å². The van der Waals surface area contributed by atoms with Gasteiger partial charge in [-0.15, -0.1) is 0 Å². The average molecular weight is 257 g/mol. The molecule has 2 aliphatic rings. The zero-order valence-corrected chi connectivity index (χ0v) is 11.6. The van der Waals surface area contributed by atoms with Gasteiger partial charge in [-0.25, -0.2) is 0 Å². The predicted octanol–water partition coefficient (Wildman–Crippen LogP) is 2.42. The number of rotatable bonds is 5. The smallest absolute Gasteiger partial charge is 0.0733 e. The van der Waals surface area contributed by atoms with Crippen molar-refractivity contribution < 1.29 is 9.47 Å². The highest BCUT2D eigenvalue weighted by Gasteiger charge is 2.44. The van der Waals surface area contributed by atoms with Gasteiger partial charge >= 0.3 is 0 Å². The van der Waals surface area contributed by atoms with Crippen LogP contribution in [-0.2, 0) is 9.47 Å². The highest BCUT2D eigenvalue weighted by Crippen LogP contribution is 2.49. The van der Waals surface area contributed by atoms with Gasteiger partial charge in [0.25, 0.3) is 0 Å². The van der Waals surface area contributed by atoms with Crippen LogP contribution < -0.4 is 5.73 Å². The SMILES string of the molecule is CC1CC(OCC2(CC(N)=S)CC2)CC(C)O1. The molecule has 1 aliphatic carbocycles. The van der Waals surface area contributed by atoms with Gasteiger partial charge in [-0.1, -0.05) is 12.2 Å². The Labute approximate surface area is 109 Å².